The smallest absolute Gasteiger partial charge is 0.338 e. The number of aromatic carboxylic acids is 1. The number of nitrogens with one attached hydrogen (secondary N) is 1. The monoisotopic (exact) mass is 289 g/mol. The first-order valence-electron chi connectivity index (χ1n) is 7.37. The molecule has 0 heterocycles. The quantitative estimate of drug-likeness (QED) is 0.832. The Hall–Kier alpha value is -1.16. The summed E-state index contributed by atoms with van der Waals surface area (Å²) in [5.41, 5.74) is 1.25. The Morgan fingerprint density at radius 3 is 2.60 bits per heavy atom. The van der Waals surface area contributed by atoms with Crippen LogP contribution in [0.25, 0.3) is 0 Å². The highest BCUT2D eigenvalue weighted by molar-refractivity contribution is 7.98. The van der Waals surface area contributed by atoms with Gasteiger partial charge in [-0.05, 0) is 61.3 Å². The van der Waals surface area contributed by atoms with Crippen LogP contribution in [0.1, 0.15) is 29.6 Å². The molecule has 0 aliphatic heterocycles. The minimum atomic E-state index is -0.828. The molecule has 2 bridgehead atoms. The van der Waals surface area contributed by atoms with Crippen molar-refractivity contribution < 1.29 is 9.90 Å². The number of fused-ring (bicyclic) bond motifs is 5. The number of carboxylic acids is 1. The molecule has 3 nitrogen and oxygen atoms in total. The third-order valence-corrected chi connectivity index (χ3v) is 6.30. The maximum atomic E-state index is 11.5. The highest BCUT2D eigenvalue weighted by Gasteiger charge is 2.65. The van der Waals surface area contributed by atoms with Crippen molar-refractivity contribution in [2.45, 2.75) is 30.2 Å². The number of anilines is 1. The lowest BCUT2D eigenvalue weighted by molar-refractivity contribution is 0.0694. The van der Waals surface area contributed by atoms with Gasteiger partial charge in [0.15, 0.2) is 0 Å². The molecule has 106 valence electrons. The second-order valence-electron chi connectivity index (χ2n) is 6.35. The highest BCUT2D eigenvalue weighted by Crippen LogP contribution is 2.66. The molecule has 3 aliphatic carbocycles. The van der Waals surface area contributed by atoms with Gasteiger partial charge in [-0.3, -0.25) is 0 Å². The average Bonchev–Trinajstić information content (AvgIpc) is 2.84. The Kier molecular flexibility index (Phi) is 2.78. The number of hydrogen-bond acceptors (Lipinski definition) is 3. The molecule has 1 aromatic rings. The third kappa shape index (κ3) is 1.70. The molecule has 3 saturated carbocycles. The number of hydrogen-bond donors (Lipinski definition) is 2. The fraction of sp³-hybridized carbons (Fsp3) is 0.562. The van der Waals surface area contributed by atoms with Crippen molar-refractivity contribution in [2.24, 2.45) is 23.7 Å². The predicted octanol–water partition coefficient (Wildman–Crippen LogP) is 3.56. The molecule has 2 N–H and O–H groups in total. The van der Waals surface area contributed by atoms with Crippen LogP contribution in [0.5, 0.6) is 0 Å². The first-order chi connectivity index (χ1) is 9.70. The Morgan fingerprint density at radius 2 is 2.00 bits per heavy atom. The van der Waals surface area contributed by atoms with Gasteiger partial charge >= 0.3 is 5.97 Å². The Bertz CT molecular complexity index is 558. The van der Waals surface area contributed by atoms with Crippen molar-refractivity contribution in [3.63, 3.8) is 0 Å². The highest BCUT2D eigenvalue weighted by atomic mass is 32.2. The zero-order valence-electron chi connectivity index (χ0n) is 11.5. The van der Waals surface area contributed by atoms with E-state index in [1.165, 1.54) is 31.0 Å². The first-order valence-corrected chi connectivity index (χ1v) is 8.60. The zero-order valence-corrected chi connectivity index (χ0v) is 12.3. The average molecular weight is 289 g/mol. The van der Waals surface area contributed by atoms with Crippen molar-refractivity contribution in [3.8, 4) is 0 Å². The Balaban J connectivity index is 1.60. The predicted molar refractivity (Wildman–Crippen MR) is 80.4 cm³/mol. The van der Waals surface area contributed by atoms with Crippen LogP contribution >= 0.6 is 11.8 Å². The summed E-state index contributed by atoms with van der Waals surface area (Å²) >= 11 is 1.50. The topological polar surface area (TPSA) is 49.3 Å². The summed E-state index contributed by atoms with van der Waals surface area (Å²) in [6, 6.07) is 6.28. The van der Waals surface area contributed by atoms with Crippen LogP contribution in [0, 0.1) is 23.7 Å². The van der Waals surface area contributed by atoms with Crippen LogP contribution in [0.3, 0.4) is 0 Å². The number of thioether (sulfide) groups is 1. The molecule has 0 radical (unpaired) electrons. The Morgan fingerprint density at radius 1 is 1.30 bits per heavy atom. The minimum Gasteiger partial charge on any atom is -0.478 e. The van der Waals surface area contributed by atoms with Crippen molar-refractivity contribution in [1.82, 2.24) is 0 Å². The van der Waals surface area contributed by atoms with Gasteiger partial charge in [0.05, 0.1) is 11.3 Å². The summed E-state index contributed by atoms with van der Waals surface area (Å²) in [5, 5.41) is 13.0. The van der Waals surface area contributed by atoms with E-state index in [4.69, 9.17) is 0 Å². The summed E-state index contributed by atoms with van der Waals surface area (Å²) in [6.07, 6.45) is 6.13. The van der Waals surface area contributed by atoms with Gasteiger partial charge in [-0.1, -0.05) is 6.07 Å². The summed E-state index contributed by atoms with van der Waals surface area (Å²) in [7, 11) is 0. The third-order valence-electron chi connectivity index (χ3n) is 5.52. The van der Waals surface area contributed by atoms with Crippen molar-refractivity contribution >= 4 is 23.4 Å². The zero-order chi connectivity index (χ0) is 13.9. The summed E-state index contributed by atoms with van der Waals surface area (Å²) < 4.78 is 0. The molecule has 4 atom stereocenters. The SMILES string of the molecule is CSc1cccc(NC2C3C4CCC(C4)C23)c1C(=O)O. The molecule has 0 saturated heterocycles. The standard InChI is InChI=1S/C16H19NO2S/c1-20-11-4-2-3-10(14(11)16(18)19)17-15-12-8-5-6-9(7-8)13(12)15/h2-4,8-9,12-13,15,17H,5-7H2,1H3,(H,18,19). The minimum absolute atomic E-state index is 0.442. The molecule has 1 aromatic carbocycles. The van der Waals surface area contributed by atoms with Gasteiger partial charge in [0, 0.05) is 10.9 Å². The summed E-state index contributed by atoms with van der Waals surface area (Å²) in [4.78, 5) is 12.4. The lowest BCUT2D eigenvalue weighted by Gasteiger charge is -2.15. The van der Waals surface area contributed by atoms with Crippen LogP contribution in [0.15, 0.2) is 23.1 Å². The molecule has 0 spiro atoms. The van der Waals surface area contributed by atoms with Gasteiger partial charge in [-0.15, -0.1) is 11.8 Å². The molecule has 0 aromatic heterocycles. The van der Waals surface area contributed by atoms with Gasteiger partial charge in [-0.2, -0.15) is 0 Å². The molecule has 4 unspecified atom stereocenters. The second kappa shape index (κ2) is 4.42. The maximum Gasteiger partial charge on any atom is 0.338 e. The van der Waals surface area contributed by atoms with E-state index in [-0.39, 0.29) is 0 Å². The summed E-state index contributed by atoms with van der Waals surface area (Å²) in [6.45, 7) is 0. The van der Waals surface area contributed by atoms with E-state index in [1.807, 2.05) is 24.5 Å². The molecular weight excluding hydrogens is 270 g/mol. The maximum absolute atomic E-state index is 11.5. The molecule has 0 amide bonds. The second-order valence-corrected chi connectivity index (χ2v) is 7.19. The van der Waals surface area contributed by atoms with E-state index < -0.39 is 5.97 Å². The number of carbonyl (C=O) groups is 1. The normalized spacial score (nSPS) is 36.8. The van der Waals surface area contributed by atoms with Crippen LogP contribution < -0.4 is 5.32 Å². The van der Waals surface area contributed by atoms with Crippen LogP contribution in [-0.2, 0) is 0 Å². The van der Waals surface area contributed by atoms with E-state index in [1.54, 1.807) is 0 Å². The molecule has 4 rings (SSSR count). The van der Waals surface area contributed by atoms with E-state index >= 15 is 0 Å². The summed E-state index contributed by atoms with van der Waals surface area (Å²) in [5.74, 6) is 2.60. The van der Waals surface area contributed by atoms with Crippen LogP contribution in [0.4, 0.5) is 5.69 Å². The van der Waals surface area contributed by atoms with Crippen molar-refractivity contribution in [3.05, 3.63) is 23.8 Å². The van der Waals surface area contributed by atoms with Gasteiger partial charge in [0.25, 0.3) is 0 Å². The van der Waals surface area contributed by atoms with Crippen molar-refractivity contribution in [2.75, 3.05) is 11.6 Å². The van der Waals surface area contributed by atoms with Crippen molar-refractivity contribution in [1.29, 1.82) is 0 Å². The largest absolute Gasteiger partial charge is 0.478 e. The Labute approximate surface area is 123 Å². The lowest BCUT2D eigenvalue weighted by Crippen LogP contribution is -2.15. The number of rotatable bonds is 4. The van der Waals surface area contributed by atoms with E-state index in [2.05, 4.69) is 5.32 Å². The molecule has 3 aliphatic rings. The first kappa shape index (κ1) is 12.6. The molecular formula is C16H19NO2S. The van der Waals surface area contributed by atoms with Crippen LogP contribution in [0.2, 0.25) is 0 Å². The molecule has 4 heteroatoms. The number of carboxylic acid groups (broad SMARTS) is 1. The van der Waals surface area contributed by atoms with Gasteiger partial charge < -0.3 is 10.4 Å². The van der Waals surface area contributed by atoms with Gasteiger partial charge in [0.2, 0.25) is 0 Å². The van der Waals surface area contributed by atoms with Gasteiger partial charge in [-0.25, -0.2) is 4.79 Å². The lowest BCUT2D eigenvalue weighted by atomic mass is 10.0. The van der Waals surface area contributed by atoms with E-state index in [0.717, 1.165) is 34.3 Å². The van der Waals surface area contributed by atoms with Gasteiger partial charge in [0.1, 0.15) is 0 Å². The fourth-order valence-electron chi connectivity index (χ4n) is 4.74. The van der Waals surface area contributed by atoms with E-state index in [9.17, 15) is 9.90 Å². The molecule has 3 fully saturated rings. The van der Waals surface area contributed by atoms with E-state index in [0.29, 0.717) is 11.6 Å². The number of benzene rings is 1. The fourth-order valence-corrected chi connectivity index (χ4v) is 5.36. The van der Waals surface area contributed by atoms with Crippen LogP contribution in [-0.4, -0.2) is 23.4 Å². The molecule has 20 heavy (non-hydrogen) atoms.